The van der Waals surface area contributed by atoms with Crippen LogP contribution in [-0.2, 0) is 0 Å². The van der Waals surface area contributed by atoms with E-state index in [4.69, 9.17) is 5.73 Å². The normalized spacial score (nSPS) is 24.8. The van der Waals surface area contributed by atoms with Gasteiger partial charge in [-0.1, -0.05) is 6.42 Å². The number of anilines is 2. The van der Waals surface area contributed by atoms with E-state index >= 15 is 0 Å². The average molecular weight is 287 g/mol. The number of amides is 1. The van der Waals surface area contributed by atoms with Crippen LogP contribution in [0, 0.1) is 5.92 Å². The van der Waals surface area contributed by atoms with E-state index in [2.05, 4.69) is 4.90 Å². The van der Waals surface area contributed by atoms with Gasteiger partial charge in [-0.3, -0.25) is 4.79 Å². The van der Waals surface area contributed by atoms with E-state index in [1.54, 1.807) is 19.0 Å². The molecule has 1 aliphatic carbocycles. The predicted octanol–water partition coefficient (Wildman–Crippen LogP) is 2.74. The minimum Gasteiger partial charge on any atom is -0.399 e. The first-order valence-electron chi connectivity index (χ1n) is 7.95. The van der Waals surface area contributed by atoms with Crippen LogP contribution in [-0.4, -0.2) is 37.5 Å². The van der Waals surface area contributed by atoms with Gasteiger partial charge in [0.05, 0.1) is 11.3 Å². The van der Waals surface area contributed by atoms with E-state index in [1.807, 2.05) is 18.2 Å². The van der Waals surface area contributed by atoms with Crippen LogP contribution >= 0.6 is 0 Å². The molecule has 4 nitrogen and oxygen atoms in total. The summed E-state index contributed by atoms with van der Waals surface area (Å²) in [6.07, 6.45) is 6.44. The molecule has 21 heavy (non-hydrogen) atoms. The summed E-state index contributed by atoms with van der Waals surface area (Å²) in [4.78, 5) is 16.6. The summed E-state index contributed by atoms with van der Waals surface area (Å²) in [6.45, 7) is 1.04. The molecule has 114 valence electrons. The van der Waals surface area contributed by atoms with Crippen molar-refractivity contribution in [3.8, 4) is 0 Å². The second kappa shape index (κ2) is 5.58. The zero-order chi connectivity index (χ0) is 15.0. The molecule has 4 heteroatoms. The van der Waals surface area contributed by atoms with Gasteiger partial charge in [0.2, 0.25) is 0 Å². The van der Waals surface area contributed by atoms with Crippen LogP contribution in [0.2, 0.25) is 0 Å². The highest BCUT2D eigenvalue weighted by molar-refractivity contribution is 6.00. The van der Waals surface area contributed by atoms with Crippen LogP contribution < -0.4 is 10.6 Å². The molecule has 0 bridgehead atoms. The zero-order valence-electron chi connectivity index (χ0n) is 13.0. The van der Waals surface area contributed by atoms with Crippen LogP contribution in [0.1, 0.15) is 42.5 Å². The lowest BCUT2D eigenvalue weighted by molar-refractivity contribution is 0.0828. The number of fused-ring (bicyclic) bond motifs is 1. The van der Waals surface area contributed by atoms with Gasteiger partial charge in [-0.15, -0.1) is 0 Å². The Morgan fingerprint density at radius 3 is 2.76 bits per heavy atom. The van der Waals surface area contributed by atoms with Crippen LogP contribution in [0.15, 0.2) is 18.2 Å². The lowest BCUT2D eigenvalue weighted by atomic mass is 9.91. The average Bonchev–Trinajstić information content (AvgIpc) is 2.94. The van der Waals surface area contributed by atoms with Crippen molar-refractivity contribution in [3.63, 3.8) is 0 Å². The molecule has 2 fully saturated rings. The molecule has 0 spiro atoms. The van der Waals surface area contributed by atoms with Crippen molar-refractivity contribution < 1.29 is 4.79 Å². The number of piperidine rings is 1. The molecule has 1 aliphatic heterocycles. The van der Waals surface area contributed by atoms with Crippen molar-refractivity contribution in [3.05, 3.63) is 23.8 Å². The van der Waals surface area contributed by atoms with E-state index in [1.165, 1.54) is 32.1 Å². The first-order valence-corrected chi connectivity index (χ1v) is 7.95. The Balaban J connectivity index is 2.00. The summed E-state index contributed by atoms with van der Waals surface area (Å²) in [5, 5.41) is 0. The van der Waals surface area contributed by atoms with Gasteiger partial charge in [-0.25, -0.2) is 0 Å². The van der Waals surface area contributed by atoms with E-state index in [9.17, 15) is 4.79 Å². The molecule has 2 N–H and O–H groups in total. The SMILES string of the molecule is CN(C)C(=O)c1ccc(N)cc1N1CCCC2CCCC21. The Bertz CT molecular complexity index is 541. The van der Waals surface area contributed by atoms with Crippen molar-refractivity contribution in [1.82, 2.24) is 4.90 Å². The maximum absolute atomic E-state index is 12.5. The molecule has 2 atom stereocenters. The first-order chi connectivity index (χ1) is 10.1. The number of nitrogens with zero attached hydrogens (tertiary/aromatic N) is 2. The largest absolute Gasteiger partial charge is 0.399 e. The number of nitrogens with two attached hydrogens (primary N) is 1. The Morgan fingerprint density at radius 2 is 2.00 bits per heavy atom. The summed E-state index contributed by atoms with van der Waals surface area (Å²) in [5.74, 6) is 0.854. The number of hydrogen-bond donors (Lipinski definition) is 1. The quantitative estimate of drug-likeness (QED) is 0.851. The number of benzene rings is 1. The van der Waals surface area contributed by atoms with E-state index < -0.39 is 0 Å². The van der Waals surface area contributed by atoms with Crippen molar-refractivity contribution in [2.75, 3.05) is 31.3 Å². The van der Waals surface area contributed by atoms with Gasteiger partial charge in [0.15, 0.2) is 0 Å². The molecule has 1 saturated heterocycles. The van der Waals surface area contributed by atoms with Gasteiger partial charge in [0, 0.05) is 32.4 Å². The number of nitrogen functional groups attached to an aromatic ring is 1. The molecule has 1 heterocycles. The highest BCUT2D eigenvalue weighted by Gasteiger charge is 2.36. The molecule has 1 aromatic rings. The van der Waals surface area contributed by atoms with Gasteiger partial charge in [-0.05, 0) is 49.8 Å². The molecule has 1 aromatic carbocycles. The fraction of sp³-hybridized carbons (Fsp3) is 0.588. The Kier molecular flexibility index (Phi) is 3.79. The van der Waals surface area contributed by atoms with E-state index in [0.717, 1.165) is 29.4 Å². The first kappa shape index (κ1) is 14.2. The number of rotatable bonds is 2. The number of carbonyl (C=O) groups is 1. The summed E-state index contributed by atoms with van der Waals surface area (Å²) >= 11 is 0. The van der Waals surface area contributed by atoms with Gasteiger partial charge >= 0.3 is 0 Å². The second-order valence-electron chi connectivity index (χ2n) is 6.57. The van der Waals surface area contributed by atoms with Crippen molar-refractivity contribution in [2.45, 2.75) is 38.1 Å². The molecule has 3 rings (SSSR count). The predicted molar refractivity (Wildman–Crippen MR) is 86.6 cm³/mol. The molecule has 2 aliphatic rings. The fourth-order valence-corrected chi connectivity index (χ4v) is 3.96. The minimum atomic E-state index is 0.0603. The molecular formula is C17H25N3O. The smallest absolute Gasteiger partial charge is 0.255 e. The summed E-state index contributed by atoms with van der Waals surface area (Å²) in [5.41, 5.74) is 8.54. The minimum absolute atomic E-state index is 0.0603. The van der Waals surface area contributed by atoms with Gasteiger partial charge in [0.1, 0.15) is 0 Å². The Hall–Kier alpha value is -1.71. The summed E-state index contributed by atoms with van der Waals surface area (Å²) in [6, 6.07) is 6.29. The van der Waals surface area contributed by atoms with Gasteiger partial charge in [0.25, 0.3) is 5.91 Å². The third-order valence-electron chi connectivity index (χ3n) is 4.96. The van der Waals surface area contributed by atoms with Crippen molar-refractivity contribution in [2.24, 2.45) is 5.92 Å². The molecule has 1 saturated carbocycles. The monoisotopic (exact) mass is 287 g/mol. The Morgan fingerprint density at radius 1 is 1.24 bits per heavy atom. The maximum atomic E-state index is 12.5. The summed E-state index contributed by atoms with van der Waals surface area (Å²) in [7, 11) is 3.61. The molecule has 0 radical (unpaired) electrons. The highest BCUT2D eigenvalue weighted by Crippen LogP contribution is 2.40. The standard InChI is InChI=1S/C17H25N3O/c1-19(2)17(21)14-9-8-13(18)11-16(14)20-10-4-6-12-5-3-7-15(12)20/h8-9,11-12,15H,3-7,10,18H2,1-2H3. The second-order valence-corrected chi connectivity index (χ2v) is 6.57. The molecule has 2 unspecified atom stereocenters. The Labute approximate surface area is 126 Å². The topological polar surface area (TPSA) is 49.6 Å². The van der Waals surface area contributed by atoms with Crippen molar-refractivity contribution in [1.29, 1.82) is 0 Å². The van der Waals surface area contributed by atoms with E-state index in [-0.39, 0.29) is 5.91 Å². The van der Waals surface area contributed by atoms with Crippen LogP contribution in [0.5, 0.6) is 0 Å². The van der Waals surface area contributed by atoms with Crippen LogP contribution in [0.3, 0.4) is 0 Å². The van der Waals surface area contributed by atoms with Crippen LogP contribution in [0.25, 0.3) is 0 Å². The third kappa shape index (κ3) is 2.59. The maximum Gasteiger partial charge on any atom is 0.255 e. The van der Waals surface area contributed by atoms with E-state index in [0.29, 0.717) is 6.04 Å². The molecule has 0 aromatic heterocycles. The van der Waals surface area contributed by atoms with Crippen molar-refractivity contribution >= 4 is 17.3 Å². The number of carbonyl (C=O) groups excluding carboxylic acids is 1. The lowest BCUT2D eigenvalue weighted by Crippen LogP contribution is -2.43. The third-order valence-corrected chi connectivity index (χ3v) is 4.96. The number of hydrogen-bond acceptors (Lipinski definition) is 3. The summed E-state index contributed by atoms with van der Waals surface area (Å²) < 4.78 is 0. The van der Waals surface area contributed by atoms with Gasteiger partial charge in [-0.2, -0.15) is 0 Å². The van der Waals surface area contributed by atoms with Crippen LogP contribution in [0.4, 0.5) is 11.4 Å². The highest BCUT2D eigenvalue weighted by atomic mass is 16.2. The van der Waals surface area contributed by atoms with Gasteiger partial charge < -0.3 is 15.5 Å². The molecular weight excluding hydrogens is 262 g/mol. The lowest BCUT2D eigenvalue weighted by Gasteiger charge is -2.40. The fourth-order valence-electron chi connectivity index (χ4n) is 3.96. The molecule has 1 amide bonds. The zero-order valence-corrected chi connectivity index (χ0v) is 13.0.